The van der Waals surface area contributed by atoms with Gasteiger partial charge in [0.25, 0.3) is 0 Å². The van der Waals surface area contributed by atoms with Crippen molar-refractivity contribution >= 4 is 12.0 Å². The van der Waals surface area contributed by atoms with Crippen LogP contribution in [0.4, 0.5) is 4.79 Å². The van der Waals surface area contributed by atoms with Crippen LogP contribution in [-0.2, 0) is 4.79 Å². The van der Waals surface area contributed by atoms with E-state index in [1.54, 1.807) is 0 Å². The summed E-state index contributed by atoms with van der Waals surface area (Å²) >= 11 is 0. The minimum atomic E-state index is -0.947. The summed E-state index contributed by atoms with van der Waals surface area (Å²) < 4.78 is 0. The molecule has 1 fully saturated rings. The molecule has 0 radical (unpaired) electrons. The molecular weight excluding hydrogens is 256 g/mol. The maximum atomic E-state index is 12.4. The molecule has 1 heterocycles. The lowest BCUT2D eigenvalue weighted by Crippen LogP contribution is -2.54. The highest BCUT2D eigenvalue weighted by atomic mass is 16.4. The van der Waals surface area contributed by atoms with Crippen molar-refractivity contribution in [2.24, 2.45) is 5.92 Å². The standard InChI is InChI=1S/C15H28N2O3/c1-4-8-12-9-6-7-10-17(12)15(20)16-13(14(18)19)11(3)5-2/h11-13H,4-10H2,1-3H3,(H,16,20)(H,18,19)/t11?,12?,13-/m0/s1. The van der Waals surface area contributed by atoms with Gasteiger partial charge in [0.15, 0.2) is 0 Å². The number of urea groups is 1. The Balaban J connectivity index is 2.68. The zero-order chi connectivity index (χ0) is 15.1. The number of hydrogen-bond acceptors (Lipinski definition) is 2. The Morgan fingerprint density at radius 2 is 2.05 bits per heavy atom. The fourth-order valence-electron chi connectivity index (χ4n) is 2.80. The van der Waals surface area contributed by atoms with Crippen molar-refractivity contribution in [1.82, 2.24) is 10.2 Å². The molecule has 116 valence electrons. The Kier molecular flexibility index (Phi) is 6.82. The summed E-state index contributed by atoms with van der Waals surface area (Å²) in [4.78, 5) is 25.5. The number of likely N-dealkylation sites (tertiary alicyclic amines) is 1. The van der Waals surface area contributed by atoms with Crippen LogP contribution in [0.1, 0.15) is 59.3 Å². The number of nitrogens with zero attached hydrogens (tertiary/aromatic N) is 1. The van der Waals surface area contributed by atoms with E-state index in [2.05, 4.69) is 12.2 Å². The predicted octanol–water partition coefficient (Wildman–Crippen LogP) is 2.85. The summed E-state index contributed by atoms with van der Waals surface area (Å²) in [6.07, 6.45) is 5.96. The molecule has 2 unspecified atom stereocenters. The highest BCUT2D eigenvalue weighted by molar-refractivity contribution is 5.83. The second-order valence-corrected chi connectivity index (χ2v) is 5.78. The summed E-state index contributed by atoms with van der Waals surface area (Å²) in [5, 5.41) is 12.0. The van der Waals surface area contributed by atoms with Crippen molar-refractivity contribution in [3.63, 3.8) is 0 Å². The van der Waals surface area contributed by atoms with Crippen LogP contribution in [0.15, 0.2) is 0 Å². The number of carbonyl (C=O) groups is 2. The molecule has 3 atom stereocenters. The Morgan fingerprint density at radius 3 is 2.60 bits per heavy atom. The third-order valence-electron chi connectivity index (χ3n) is 4.27. The van der Waals surface area contributed by atoms with E-state index >= 15 is 0 Å². The molecule has 0 spiro atoms. The van der Waals surface area contributed by atoms with Gasteiger partial charge in [-0.15, -0.1) is 0 Å². The zero-order valence-corrected chi connectivity index (χ0v) is 12.9. The molecule has 5 heteroatoms. The second-order valence-electron chi connectivity index (χ2n) is 5.78. The van der Waals surface area contributed by atoms with Crippen molar-refractivity contribution in [2.75, 3.05) is 6.54 Å². The number of carbonyl (C=O) groups excluding carboxylic acids is 1. The normalized spacial score (nSPS) is 22.1. The van der Waals surface area contributed by atoms with Gasteiger partial charge in [-0.1, -0.05) is 33.6 Å². The molecule has 1 rings (SSSR count). The van der Waals surface area contributed by atoms with E-state index in [-0.39, 0.29) is 18.0 Å². The number of carboxylic acids is 1. The summed E-state index contributed by atoms with van der Waals surface area (Å²) in [5.74, 6) is -1.01. The number of amides is 2. The van der Waals surface area contributed by atoms with Crippen LogP contribution in [0.2, 0.25) is 0 Å². The molecule has 2 amide bonds. The average molecular weight is 284 g/mol. The van der Waals surface area contributed by atoms with Crippen LogP contribution >= 0.6 is 0 Å². The Bertz CT molecular complexity index is 331. The molecule has 0 saturated carbocycles. The maximum Gasteiger partial charge on any atom is 0.326 e. The first-order valence-electron chi connectivity index (χ1n) is 7.81. The molecule has 20 heavy (non-hydrogen) atoms. The van der Waals surface area contributed by atoms with E-state index in [1.165, 1.54) is 0 Å². The third-order valence-corrected chi connectivity index (χ3v) is 4.27. The minimum Gasteiger partial charge on any atom is -0.480 e. The number of hydrogen-bond donors (Lipinski definition) is 2. The molecule has 0 aliphatic carbocycles. The van der Waals surface area contributed by atoms with Crippen LogP contribution in [-0.4, -0.2) is 40.6 Å². The van der Waals surface area contributed by atoms with Crippen molar-refractivity contribution in [3.05, 3.63) is 0 Å². The predicted molar refractivity (Wildman–Crippen MR) is 78.7 cm³/mol. The fourth-order valence-corrected chi connectivity index (χ4v) is 2.80. The fraction of sp³-hybridized carbons (Fsp3) is 0.867. The molecule has 0 aromatic rings. The molecule has 0 bridgehead atoms. The van der Waals surface area contributed by atoms with E-state index in [1.807, 2.05) is 18.7 Å². The molecule has 1 aliphatic heterocycles. The van der Waals surface area contributed by atoms with Gasteiger partial charge in [-0.2, -0.15) is 0 Å². The summed E-state index contributed by atoms with van der Waals surface area (Å²) in [6, 6.07) is -0.743. The molecular formula is C15H28N2O3. The van der Waals surface area contributed by atoms with Gasteiger partial charge >= 0.3 is 12.0 Å². The first kappa shape index (κ1) is 16.8. The molecule has 0 aromatic carbocycles. The van der Waals surface area contributed by atoms with E-state index < -0.39 is 12.0 Å². The molecule has 1 aliphatic rings. The molecule has 1 saturated heterocycles. The molecule has 0 aromatic heterocycles. The maximum absolute atomic E-state index is 12.4. The number of nitrogens with one attached hydrogen (secondary N) is 1. The van der Waals surface area contributed by atoms with Gasteiger partial charge in [0.05, 0.1) is 0 Å². The van der Waals surface area contributed by atoms with Crippen LogP contribution < -0.4 is 5.32 Å². The van der Waals surface area contributed by atoms with E-state index in [9.17, 15) is 14.7 Å². The van der Waals surface area contributed by atoms with Gasteiger partial charge in [-0.05, 0) is 31.6 Å². The first-order valence-corrected chi connectivity index (χ1v) is 7.81. The SMILES string of the molecule is CCCC1CCCCN1C(=O)N[C@H](C(=O)O)C(C)CC. The Labute approximate surface area is 121 Å². The summed E-state index contributed by atoms with van der Waals surface area (Å²) in [5.41, 5.74) is 0. The van der Waals surface area contributed by atoms with Crippen molar-refractivity contribution < 1.29 is 14.7 Å². The highest BCUT2D eigenvalue weighted by Gasteiger charge is 2.31. The number of piperidine rings is 1. The number of carboxylic acid groups (broad SMARTS) is 1. The van der Waals surface area contributed by atoms with Crippen LogP contribution in [0.25, 0.3) is 0 Å². The van der Waals surface area contributed by atoms with Gasteiger partial charge in [0, 0.05) is 12.6 Å². The van der Waals surface area contributed by atoms with Crippen LogP contribution in [0, 0.1) is 5.92 Å². The smallest absolute Gasteiger partial charge is 0.326 e. The second kappa shape index (κ2) is 8.12. The lowest BCUT2D eigenvalue weighted by Gasteiger charge is -2.36. The third kappa shape index (κ3) is 4.39. The van der Waals surface area contributed by atoms with Crippen molar-refractivity contribution in [1.29, 1.82) is 0 Å². The van der Waals surface area contributed by atoms with E-state index in [0.717, 1.165) is 45.1 Å². The van der Waals surface area contributed by atoms with Crippen molar-refractivity contribution in [2.45, 2.75) is 71.4 Å². The topological polar surface area (TPSA) is 69.6 Å². The number of rotatable bonds is 6. The average Bonchev–Trinajstić information content (AvgIpc) is 2.44. The monoisotopic (exact) mass is 284 g/mol. The van der Waals surface area contributed by atoms with Gasteiger partial charge in [0.2, 0.25) is 0 Å². The molecule has 5 nitrogen and oxygen atoms in total. The first-order chi connectivity index (χ1) is 9.51. The van der Waals surface area contributed by atoms with E-state index in [4.69, 9.17) is 0 Å². The van der Waals surface area contributed by atoms with Gasteiger partial charge in [0.1, 0.15) is 6.04 Å². The largest absolute Gasteiger partial charge is 0.480 e. The highest BCUT2D eigenvalue weighted by Crippen LogP contribution is 2.21. The quantitative estimate of drug-likeness (QED) is 0.788. The summed E-state index contributed by atoms with van der Waals surface area (Å²) in [6.45, 7) is 6.65. The summed E-state index contributed by atoms with van der Waals surface area (Å²) in [7, 11) is 0. The Hall–Kier alpha value is -1.26. The van der Waals surface area contributed by atoms with Crippen molar-refractivity contribution in [3.8, 4) is 0 Å². The Morgan fingerprint density at radius 1 is 1.35 bits per heavy atom. The minimum absolute atomic E-state index is 0.0640. The number of aliphatic carboxylic acids is 1. The van der Waals surface area contributed by atoms with Gasteiger partial charge < -0.3 is 15.3 Å². The zero-order valence-electron chi connectivity index (χ0n) is 12.9. The van der Waals surface area contributed by atoms with Crippen LogP contribution in [0.5, 0.6) is 0 Å². The van der Waals surface area contributed by atoms with E-state index in [0.29, 0.717) is 0 Å². The lowest BCUT2D eigenvalue weighted by molar-refractivity contribution is -0.140. The van der Waals surface area contributed by atoms with Crippen LogP contribution in [0.3, 0.4) is 0 Å². The molecule has 2 N–H and O–H groups in total. The van der Waals surface area contributed by atoms with Gasteiger partial charge in [-0.25, -0.2) is 9.59 Å². The lowest BCUT2D eigenvalue weighted by atomic mass is 9.97. The van der Waals surface area contributed by atoms with Gasteiger partial charge in [-0.3, -0.25) is 0 Å².